The summed E-state index contributed by atoms with van der Waals surface area (Å²) < 4.78 is 41.6. The largest absolute Gasteiger partial charge is 0.472 e. The predicted octanol–water partition coefficient (Wildman–Crippen LogP) is 19.9. The van der Waals surface area contributed by atoms with Gasteiger partial charge in [0.1, 0.15) is 11.4 Å². The van der Waals surface area contributed by atoms with E-state index in [1.54, 1.807) is 11.9 Å². The van der Waals surface area contributed by atoms with Gasteiger partial charge in [-0.1, -0.05) is 266 Å². The van der Waals surface area contributed by atoms with Crippen LogP contribution in [0.5, 0.6) is 0 Å². The average Bonchev–Trinajstić information content (AvgIpc) is 0.842. The van der Waals surface area contributed by atoms with Gasteiger partial charge in [0, 0.05) is 26.7 Å². The van der Waals surface area contributed by atoms with Crippen molar-refractivity contribution in [1.82, 2.24) is 4.90 Å². The molecule has 0 saturated heterocycles. The van der Waals surface area contributed by atoms with Crippen molar-refractivity contribution in [3.05, 3.63) is 20.4 Å². The topological polar surface area (TPSA) is 187 Å². The Bertz CT molecular complexity index is 1920. The second-order valence-electron chi connectivity index (χ2n) is 26.6. The van der Waals surface area contributed by atoms with Gasteiger partial charge < -0.3 is 34.2 Å². The molecular weight excluding hydrogens is 1170 g/mol. The lowest BCUT2D eigenvalue weighted by Gasteiger charge is -2.31. The highest BCUT2D eigenvalue weighted by atomic mass is 31.2. The van der Waals surface area contributed by atoms with Crippen LogP contribution in [0.15, 0.2) is 9.59 Å². The van der Waals surface area contributed by atoms with E-state index in [1.165, 1.54) is 128 Å². The molecule has 0 radical (unpaired) electrons. The minimum Gasteiger partial charge on any atom is -0.465 e. The molecule has 0 spiro atoms. The van der Waals surface area contributed by atoms with Crippen molar-refractivity contribution in [3.8, 4) is 0 Å². The highest BCUT2D eigenvalue weighted by Crippen LogP contribution is 2.43. The third-order valence-corrected chi connectivity index (χ3v) is 19.5. The average molecular weight is 1310 g/mol. The molecule has 2 N–H and O–H groups in total. The lowest BCUT2D eigenvalue weighted by Crippen LogP contribution is -2.46. The zero-order chi connectivity index (χ0) is 66.7. The van der Waals surface area contributed by atoms with Gasteiger partial charge >= 0.3 is 25.7 Å². The number of esters is 3. The van der Waals surface area contributed by atoms with E-state index in [0.29, 0.717) is 45.8 Å². The van der Waals surface area contributed by atoms with Crippen LogP contribution in [0.3, 0.4) is 0 Å². The Hall–Kier alpha value is -2.84. The van der Waals surface area contributed by atoms with Gasteiger partial charge in [-0.15, -0.1) is 0 Å². The molecule has 0 amide bonds. The molecule has 4 unspecified atom stereocenters. The van der Waals surface area contributed by atoms with Crippen LogP contribution in [-0.4, -0.2) is 101 Å². The second-order valence-corrected chi connectivity index (χ2v) is 28.1. The van der Waals surface area contributed by atoms with Crippen molar-refractivity contribution in [2.75, 3.05) is 83.0 Å². The Morgan fingerprint density at radius 1 is 0.363 bits per heavy atom. The lowest BCUT2D eigenvalue weighted by molar-refractivity contribution is -0.150. The van der Waals surface area contributed by atoms with Gasteiger partial charge in [0.15, 0.2) is 0 Å². The second kappa shape index (κ2) is 60.8. The Morgan fingerprint density at radius 3 is 0.989 bits per heavy atom. The SMILES string of the molecule is CCCCCCCCC(CCCCCC)C(=O)OCCCCCCOP(=O)(O)OCCN(CCN(CCCCCCOC(=O)C(CCCCCC)CCCCCCCC)CCCCCCOC(=O)C(CCCCCC)CCCCCCCC)c1c(NC)c(=O)c1=O. The van der Waals surface area contributed by atoms with Crippen LogP contribution in [-0.2, 0) is 42.2 Å². The van der Waals surface area contributed by atoms with Crippen LogP contribution in [0.2, 0.25) is 0 Å². The van der Waals surface area contributed by atoms with Crippen molar-refractivity contribution >= 4 is 37.1 Å². The highest BCUT2D eigenvalue weighted by molar-refractivity contribution is 7.47. The molecule has 0 aromatic heterocycles. The molecule has 0 bridgehead atoms. The van der Waals surface area contributed by atoms with Crippen LogP contribution in [0.4, 0.5) is 11.4 Å². The van der Waals surface area contributed by atoms with Crippen molar-refractivity contribution in [2.24, 2.45) is 17.8 Å². The minimum atomic E-state index is -4.43. The Balaban J connectivity index is 2.91. The summed E-state index contributed by atoms with van der Waals surface area (Å²) in [4.78, 5) is 80.5. The summed E-state index contributed by atoms with van der Waals surface area (Å²) in [5.74, 6) is -0.176. The molecule has 0 saturated carbocycles. The maximum Gasteiger partial charge on any atom is 0.472 e. The minimum absolute atomic E-state index is 0.00954. The van der Waals surface area contributed by atoms with E-state index < -0.39 is 18.7 Å². The molecule has 534 valence electrons. The van der Waals surface area contributed by atoms with E-state index in [9.17, 15) is 33.4 Å². The molecule has 0 aliphatic heterocycles. The number of nitrogens with zero attached hydrogens (tertiary/aromatic N) is 2. The third kappa shape index (κ3) is 46.1. The summed E-state index contributed by atoms with van der Waals surface area (Å²) >= 11 is 0. The number of anilines is 2. The predicted molar refractivity (Wildman–Crippen MR) is 380 cm³/mol. The molecule has 0 heterocycles. The summed E-state index contributed by atoms with van der Waals surface area (Å²) in [6.45, 7) is 17.1. The van der Waals surface area contributed by atoms with Crippen LogP contribution in [0.25, 0.3) is 0 Å². The molecule has 4 atom stereocenters. The van der Waals surface area contributed by atoms with E-state index in [4.69, 9.17) is 23.3 Å². The number of nitrogens with one attached hydrogen (secondary N) is 1. The number of carbonyl (C=O) groups is 3. The monoisotopic (exact) mass is 1310 g/mol. The summed E-state index contributed by atoms with van der Waals surface area (Å²) in [6.07, 6.45) is 51.1. The molecule has 0 aliphatic carbocycles. The molecule has 1 aromatic rings. The number of hydrogen-bond donors (Lipinski definition) is 2. The number of ether oxygens (including phenoxy) is 3. The summed E-state index contributed by atoms with van der Waals surface area (Å²) in [7, 11) is -2.82. The van der Waals surface area contributed by atoms with E-state index in [0.717, 1.165) is 180 Å². The summed E-state index contributed by atoms with van der Waals surface area (Å²) in [5, 5.41) is 2.90. The molecule has 1 aromatic carbocycles. The lowest BCUT2D eigenvalue weighted by atomic mass is 9.94. The summed E-state index contributed by atoms with van der Waals surface area (Å²) in [5.41, 5.74) is -0.703. The number of carbonyl (C=O) groups excluding carboxylic acids is 3. The van der Waals surface area contributed by atoms with E-state index in [-0.39, 0.29) is 66.8 Å². The maximum absolute atomic E-state index is 13.3. The maximum atomic E-state index is 13.3. The Kier molecular flexibility index (Phi) is 57.6. The normalized spacial score (nSPS) is 13.4. The first-order valence-corrected chi connectivity index (χ1v) is 39.9. The van der Waals surface area contributed by atoms with Crippen LogP contribution >= 0.6 is 7.82 Å². The molecule has 0 fully saturated rings. The molecule has 91 heavy (non-hydrogen) atoms. The first kappa shape index (κ1) is 86.2. The highest BCUT2D eigenvalue weighted by Gasteiger charge is 2.28. The van der Waals surface area contributed by atoms with E-state index in [2.05, 4.69) is 51.8 Å². The molecule has 0 aliphatic rings. The first-order chi connectivity index (χ1) is 44.3. The van der Waals surface area contributed by atoms with Crippen LogP contribution in [0, 0.1) is 17.8 Å². The van der Waals surface area contributed by atoms with Crippen molar-refractivity contribution < 1.29 is 47.1 Å². The van der Waals surface area contributed by atoms with Gasteiger partial charge in [0.25, 0.3) is 10.9 Å². The Labute approximate surface area is 557 Å². The number of phosphoric ester groups is 1. The standard InChI is InChI=1S/C75H142N3O12P/c1-8-14-20-26-29-41-53-66(50-38-23-17-11-4)73(81)86-61-46-34-32-44-56-77(57-45-33-35-47-62-87-74(82)67(51-39-24-18-12-5)54-42-30-27-21-15-9-2)58-59-78(70-69(76-7)71(79)72(70)80)60-65-90-91(84,85)89-64-49-37-36-48-63-88-75(83)68(52-40-25-19-13-6)55-43-31-28-22-16-10-3/h66-68,76H,8-65H2,1-7H3,(H,84,85). The van der Waals surface area contributed by atoms with Gasteiger partial charge in [-0.2, -0.15) is 0 Å². The fraction of sp³-hybridized carbons (Fsp3) is 0.907. The summed E-state index contributed by atoms with van der Waals surface area (Å²) in [6, 6.07) is 0. The molecule has 15 nitrogen and oxygen atoms in total. The number of rotatable bonds is 70. The molecule has 1 rings (SSSR count). The molecule has 16 heteroatoms. The van der Waals surface area contributed by atoms with Crippen molar-refractivity contribution in [1.29, 1.82) is 0 Å². The quantitative estimate of drug-likeness (QED) is 0.0206. The van der Waals surface area contributed by atoms with Gasteiger partial charge in [0.2, 0.25) is 0 Å². The fourth-order valence-corrected chi connectivity index (χ4v) is 13.2. The smallest absolute Gasteiger partial charge is 0.465 e. The van der Waals surface area contributed by atoms with Crippen molar-refractivity contribution in [3.63, 3.8) is 0 Å². The number of phosphoric acid groups is 1. The van der Waals surface area contributed by atoms with Crippen LogP contribution < -0.4 is 21.1 Å². The van der Waals surface area contributed by atoms with Crippen LogP contribution in [0.1, 0.15) is 350 Å². The number of unbranched alkanes of at least 4 members (excludes halogenated alkanes) is 33. The van der Waals surface area contributed by atoms with Crippen molar-refractivity contribution in [2.45, 2.75) is 350 Å². The van der Waals surface area contributed by atoms with Gasteiger partial charge in [0.05, 0.1) is 50.8 Å². The zero-order valence-corrected chi connectivity index (χ0v) is 60.9. The van der Waals surface area contributed by atoms with Gasteiger partial charge in [-0.3, -0.25) is 33.0 Å². The fourth-order valence-electron chi connectivity index (χ4n) is 12.4. The van der Waals surface area contributed by atoms with E-state index >= 15 is 0 Å². The third-order valence-electron chi connectivity index (χ3n) is 18.5. The van der Waals surface area contributed by atoms with Gasteiger partial charge in [-0.05, 0) is 96.6 Å². The molecular formula is C75H142N3O12P. The Morgan fingerprint density at radius 2 is 0.648 bits per heavy atom. The zero-order valence-electron chi connectivity index (χ0n) is 60.0. The number of hydrogen-bond acceptors (Lipinski definition) is 14. The van der Waals surface area contributed by atoms with E-state index in [1.807, 2.05) is 0 Å². The first-order valence-electron chi connectivity index (χ1n) is 38.4. The van der Waals surface area contributed by atoms with Gasteiger partial charge in [-0.25, -0.2) is 4.57 Å².